The molecule has 0 aliphatic carbocycles. The molecule has 6 heteroatoms. The lowest BCUT2D eigenvalue weighted by Gasteiger charge is -2.05. The summed E-state index contributed by atoms with van der Waals surface area (Å²) in [5.74, 6) is 0.0775. The Labute approximate surface area is 109 Å². The molecule has 2 rings (SSSR count). The molecule has 4 N–H and O–H groups in total. The summed E-state index contributed by atoms with van der Waals surface area (Å²) in [6.45, 7) is 0. The van der Waals surface area contributed by atoms with E-state index in [0.29, 0.717) is 0 Å². The molecule has 0 aliphatic rings. The molecule has 0 unspecified atom stereocenters. The van der Waals surface area contributed by atoms with E-state index in [2.05, 4.69) is 5.10 Å². The normalized spacial score (nSPS) is 10.5. The van der Waals surface area contributed by atoms with Gasteiger partial charge in [-0.1, -0.05) is 30.3 Å². The number of nitriles is 1. The van der Waals surface area contributed by atoms with Gasteiger partial charge in [0.1, 0.15) is 17.5 Å². The van der Waals surface area contributed by atoms with Crippen molar-refractivity contribution in [2.45, 2.75) is 0 Å². The quantitative estimate of drug-likeness (QED) is 0.770. The zero-order chi connectivity index (χ0) is 13.8. The highest BCUT2D eigenvalue weighted by molar-refractivity contribution is 5.79. The smallest absolute Gasteiger partial charge is 0.292 e. The van der Waals surface area contributed by atoms with E-state index in [0.717, 1.165) is 10.2 Å². The van der Waals surface area contributed by atoms with E-state index >= 15 is 0 Å². The Morgan fingerprint density at radius 3 is 2.58 bits per heavy atom. The number of hydrogen-bond acceptors (Lipinski definition) is 5. The van der Waals surface area contributed by atoms with E-state index < -0.39 is 5.56 Å². The molecule has 94 valence electrons. The number of benzene rings is 1. The van der Waals surface area contributed by atoms with Crippen LogP contribution in [0.2, 0.25) is 0 Å². The van der Waals surface area contributed by atoms with Gasteiger partial charge in [-0.3, -0.25) is 4.79 Å². The van der Waals surface area contributed by atoms with Gasteiger partial charge in [0.05, 0.1) is 11.9 Å². The van der Waals surface area contributed by atoms with Gasteiger partial charge in [0.25, 0.3) is 5.56 Å². The number of pyridine rings is 1. The van der Waals surface area contributed by atoms with Crippen LogP contribution in [-0.2, 0) is 0 Å². The Bertz CT molecular complexity index is 725. The summed E-state index contributed by atoms with van der Waals surface area (Å²) in [5.41, 5.74) is 11.3. The molecule has 0 radical (unpaired) electrons. The molecule has 6 nitrogen and oxygen atoms in total. The lowest BCUT2D eigenvalue weighted by atomic mass is 10.2. The number of anilines is 2. The minimum atomic E-state index is -0.632. The van der Waals surface area contributed by atoms with Crippen molar-refractivity contribution in [3.8, 4) is 6.07 Å². The van der Waals surface area contributed by atoms with Crippen LogP contribution in [-0.4, -0.2) is 10.9 Å². The number of nitrogens with two attached hydrogens (primary N) is 2. The van der Waals surface area contributed by atoms with Gasteiger partial charge in [0.2, 0.25) is 0 Å². The van der Waals surface area contributed by atoms with Gasteiger partial charge in [-0.25, -0.2) is 0 Å². The van der Waals surface area contributed by atoms with Crippen LogP contribution in [0, 0.1) is 11.3 Å². The molecule has 0 fully saturated rings. The van der Waals surface area contributed by atoms with Gasteiger partial charge in [0.15, 0.2) is 0 Å². The molecule has 2 aromatic rings. The summed E-state index contributed by atoms with van der Waals surface area (Å²) < 4.78 is 0.946. The average Bonchev–Trinajstić information content (AvgIpc) is 2.39. The van der Waals surface area contributed by atoms with Crippen molar-refractivity contribution in [3.05, 3.63) is 57.9 Å². The zero-order valence-electron chi connectivity index (χ0n) is 9.95. The molecule has 1 aromatic carbocycles. The first-order valence-corrected chi connectivity index (χ1v) is 5.44. The van der Waals surface area contributed by atoms with Gasteiger partial charge in [-0.2, -0.15) is 15.0 Å². The summed E-state index contributed by atoms with van der Waals surface area (Å²) in [7, 11) is 0. The van der Waals surface area contributed by atoms with Crippen LogP contribution < -0.4 is 17.0 Å². The highest BCUT2D eigenvalue weighted by atomic mass is 16.1. The van der Waals surface area contributed by atoms with Crippen molar-refractivity contribution in [1.29, 1.82) is 5.26 Å². The van der Waals surface area contributed by atoms with Gasteiger partial charge in [-0.05, 0) is 5.56 Å². The SMILES string of the molecule is N#Cc1c(N)cc(N)n(/N=C/c2ccccc2)c1=O. The Kier molecular flexibility index (Phi) is 3.30. The first kappa shape index (κ1) is 12.4. The highest BCUT2D eigenvalue weighted by Gasteiger charge is 2.10. The Balaban J connectivity index is 2.50. The van der Waals surface area contributed by atoms with E-state index in [1.807, 2.05) is 30.3 Å². The second-order valence-corrected chi connectivity index (χ2v) is 3.78. The monoisotopic (exact) mass is 253 g/mol. The summed E-state index contributed by atoms with van der Waals surface area (Å²) in [4.78, 5) is 11.9. The Morgan fingerprint density at radius 1 is 1.26 bits per heavy atom. The summed E-state index contributed by atoms with van der Waals surface area (Å²) >= 11 is 0. The molecule has 0 amide bonds. The van der Waals surface area contributed by atoms with Crippen molar-refractivity contribution in [2.75, 3.05) is 11.5 Å². The van der Waals surface area contributed by atoms with Crippen LogP contribution in [0.1, 0.15) is 11.1 Å². The number of nitrogens with zero attached hydrogens (tertiary/aromatic N) is 3. The number of nitrogen functional groups attached to an aromatic ring is 2. The third-order valence-corrected chi connectivity index (χ3v) is 2.48. The third-order valence-electron chi connectivity index (χ3n) is 2.48. The predicted molar refractivity (Wildman–Crippen MR) is 73.7 cm³/mol. The fraction of sp³-hybridized carbons (Fsp3) is 0. The maximum absolute atomic E-state index is 11.9. The molecule has 1 aromatic heterocycles. The average molecular weight is 253 g/mol. The second kappa shape index (κ2) is 5.06. The van der Waals surface area contributed by atoms with Crippen LogP contribution in [0.5, 0.6) is 0 Å². The number of aromatic nitrogens is 1. The summed E-state index contributed by atoms with van der Waals surface area (Å²) in [5, 5.41) is 12.8. The first-order chi connectivity index (χ1) is 9.13. The molecular weight excluding hydrogens is 242 g/mol. The van der Waals surface area contributed by atoms with E-state index in [-0.39, 0.29) is 17.1 Å². The van der Waals surface area contributed by atoms with Gasteiger partial charge in [-0.15, -0.1) is 0 Å². The first-order valence-electron chi connectivity index (χ1n) is 5.44. The predicted octanol–water partition coefficient (Wildman–Crippen LogP) is 0.767. The van der Waals surface area contributed by atoms with Crippen LogP contribution in [0.25, 0.3) is 0 Å². The lowest BCUT2D eigenvalue weighted by Crippen LogP contribution is -2.23. The van der Waals surface area contributed by atoms with Gasteiger partial charge in [0, 0.05) is 6.07 Å². The Hall–Kier alpha value is -3.07. The molecule has 0 saturated heterocycles. The number of hydrogen-bond donors (Lipinski definition) is 2. The second-order valence-electron chi connectivity index (χ2n) is 3.78. The van der Waals surface area contributed by atoms with Crippen LogP contribution in [0.4, 0.5) is 11.5 Å². The van der Waals surface area contributed by atoms with Gasteiger partial charge >= 0.3 is 0 Å². The molecule has 0 bridgehead atoms. The fourth-order valence-corrected chi connectivity index (χ4v) is 1.53. The standard InChI is InChI=1S/C13H11N5O/c14-7-10-11(15)6-12(16)18(13(10)19)17-8-9-4-2-1-3-5-9/h1-6,8H,15-16H2/b17-8+. The molecule has 0 aliphatic heterocycles. The summed E-state index contributed by atoms with van der Waals surface area (Å²) in [6.07, 6.45) is 1.48. The zero-order valence-corrected chi connectivity index (χ0v) is 9.95. The van der Waals surface area contributed by atoms with Crippen LogP contribution in [0.3, 0.4) is 0 Å². The molecule has 0 atom stereocenters. The Morgan fingerprint density at radius 2 is 1.95 bits per heavy atom. The van der Waals surface area contributed by atoms with E-state index in [4.69, 9.17) is 16.7 Å². The minimum Gasteiger partial charge on any atom is -0.397 e. The van der Waals surface area contributed by atoms with Crippen molar-refractivity contribution in [1.82, 2.24) is 4.68 Å². The molecule has 19 heavy (non-hydrogen) atoms. The summed E-state index contributed by atoms with van der Waals surface area (Å²) in [6, 6.07) is 12.3. The minimum absolute atomic E-state index is 0.0520. The van der Waals surface area contributed by atoms with Crippen LogP contribution >= 0.6 is 0 Å². The maximum atomic E-state index is 11.9. The molecular formula is C13H11N5O. The third kappa shape index (κ3) is 2.45. The van der Waals surface area contributed by atoms with E-state index in [9.17, 15) is 4.79 Å². The van der Waals surface area contributed by atoms with Gasteiger partial charge < -0.3 is 11.5 Å². The number of rotatable bonds is 2. The maximum Gasteiger partial charge on any atom is 0.292 e. The lowest BCUT2D eigenvalue weighted by molar-refractivity contribution is 0.844. The highest BCUT2D eigenvalue weighted by Crippen LogP contribution is 2.10. The molecule has 0 saturated carbocycles. The molecule has 1 heterocycles. The fourth-order valence-electron chi connectivity index (χ4n) is 1.53. The topological polar surface area (TPSA) is 110 Å². The van der Waals surface area contributed by atoms with Crippen molar-refractivity contribution < 1.29 is 0 Å². The van der Waals surface area contributed by atoms with Crippen molar-refractivity contribution in [3.63, 3.8) is 0 Å². The van der Waals surface area contributed by atoms with Crippen molar-refractivity contribution >= 4 is 17.7 Å². The molecule has 0 spiro atoms. The van der Waals surface area contributed by atoms with Crippen LogP contribution in [0.15, 0.2) is 46.3 Å². The largest absolute Gasteiger partial charge is 0.397 e. The van der Waals surface area contributed by atoms with E-state index in [1.54, 1.807) is 6.07 Å². The van der Waals surface area contributed by atoms with E-state index in [1.165, 1.54) is 12.3 Å². The van der Waals surface area contributed by atoms with Crippen molar-refractivity contribution in [2.24, 2.45) is 5.10 Å².